The highest BCUT2D eigenvalue weighted by molar-refractivity contribution is 14.0. The molecule has 138 valence electrons. The first-order valence-electron chi connectivity index (χ1n) is 9.13. The van der Waals surface area contributed by atoms with E-state index in [-0.39, 0.29) is 36.4 Å². The highest BCUT2D eigenvalue weighted by Gasteiger charge is 2.31. The van der Waals surface area contributed by atoms with Crippen molar-refractivity contribution < 1.29 is 4.79 Å². The minimum atomic E-state index is 0. The van der Waals surface area contributed by atoms with Gasteiger partial charge in [0.15, 0.2) is 5.96 Å². The predicted molar refractivity (Wildman–Crippen MR) is 108 cm³/mol. The first kappa shape index (κ1) is 19.8. The molecule has 0 radical (unpaired) electrons. The molecule has 3 rings (SSSR count). The molecule has 0 aromatic carbocycles. The zero-order chi connectivity index (χ0) is 16.2. The molecule has 0 spiro atoms. The molecule has 3 aliphatic rings. The van der Waals surface area contributed by atoms with Gasteiger partial charge < -0.3 is 15.5 Å². The number of rotatable bonds is 5. The smallest absolute Gasteiger partial charge is 0.243 e. The number of hydrogen-bond donors (Lipinski definition) is 2. The standard InChI is InChI=1S/C17H31N5O.HI/c1-21(2)16(23)11-18-17(19-13-7-8-13)20-14-9-10-22(12-14)15-5-3-4-6-15;/h13-15H,3-12H2,1-2H3,(H2,18,19,20);1H. The Bertz CT molecular complexity index is 446. The summed E-state index contributed by atoms with van der Waals surface area (Å²) in [7, 11) is 3.55. The third kappa shape index (κ3) is 5.75. The van der Waals surface area contributed by atoms with E-state index in [1.165, 1.54) is 51.5 Å². The van der Waals surface area contributed by atoms with E-state index in [9.17, 15) is 4.79 Å². The van der Waals surface area contributed by atoms with E-state index in [0.29, 0.717) is 12.1 Å². The maximum atomic E-state index is 11.8. The Morgan fingerprint density at radius 2 is 1.75 bits per heavy atom. The van der Waals surface area contributed by atoms with Gasteiger partial charge in [0.1, 0.15) is 6.54 Å². The monoisotopic (exact) mass is 449 g/mol. The van der Waals surface area contributed by atoms with Gasteiger partial charge in [-0.3, -0.25) is 9.69 Å². The Hall–Kier alpha value is -0.570. The largest absolute Gasteiger partial charge is 0.354 e. The summed E-state index contributed by atoms with van der Waals surface area (Å²) in [6, 6.07) is 1.80. The van der Waals surface area contributed by atoms with Crippen LogP contribution in [0.4, 0.5) is 0 Å². The summed E-state index contributed by atoms with van der Waals surface area (Å²) < 4.78 is 0. The normalized spacial score (nSPS) is 25.4. The third-order valence-electron chi connectivity index (χ3n) is 5.19. The van der Waals surface area contributed by atoms with Crippen LogP contribution in [0, 0.1) is 0 Å². The van der Waals surface area contributed by atoms with Crippen molar-refractivity contribution in [3.63, 3.8) is 0 Å². The van der Waals surface area contributed by atoms with Gasteiger partial charge in [0.2, 0.25) is 5.91 Å². The minimum Gasteiger partial charge on any atom is -0.354 e. The predicted octanol–water partition coefficient (Wildman–Crippen LogP) is 1.41. The zero-order valence-electron chi connectivity index (χ0n) is 15.0. The number of likely N-dealkylation sites (tertiary alicyclic amines) is 1. The van der Waals surface area contributed by atoms with E-state index in [2.05, 4.69) is 20.5 Å². The second-order valence-corrected chi connectivity index (χ2v) is 7.43. The van der Waals surface area contributed by atoms with Gasteiger partial charge in [-0.05, 0) is 32.1 Å². The lowest BCUT2D eigenvalue weighted by Gasteiger charge is -2.24. The molecule has 1 atom stereocenters. The zero-order valence-corrected chi connectivity index (χ0v) is 17.3. The highest BCUT2D eigenvalue weighted by Crippen LogP contribution is 2.26. The number of likely N-dealkylation sites (N-methyl/N-ethyl adjacent to an activating group) is 1. The molecular weight excluding hydrogens is 417 g/mol. The number of halogens is 1. The Balaban J connectivity index is 0.00000208. The van der Waals surface area contributed by atoms with Crippen LogP contribution in [0.3, 0.4) is 0 Å². The average molecular weight is 449 g/mol. The van der Waals surface area contributed by atoms with Crippen LogP contribution < -0.4 is 10.6 Å². The molecule has 7 heteroatoms. The van der Waals surface area contributed by atoms with Gasteiger partial charge in [-0.25, -0.2) is 4.99 Å². The Morgan fingerprint density at radius 3 is 2.38 bits per heavy atom. The van der Waals surface area contributed by atoms with E-state index in [4.69, 9.17) is 0 Å². The van der Waals surface area contributed by atoms with Crippen molar-refractivity contribution in [3.8, 4) is 0 Å². The molecule has 0 aromatic heterocycles. The van der Waals surface area contributed by atoms with Crippen molar-refractivity contribution in [1.82, 2.24) is 20.4 Å². The Labute approximate surface area is 162 Å². The molecule has 2 saturated carbocycles. The van der Waals surface area contributed by atoms with Crippen molar-refractivity contribution >= 4 is 35.8 Å². The summed E-state index contributed by atoms with van der Waals surface area (Å²) in [4.78, 5) is 20.5. The van der Waals surface area contributed by atoms with Crippen LogP contribution >= 0.6 is 24.0 Å². The van der Waals surface area contributed by atoms with Crippen molar-refractivity contribution in [1.29, 1.82) is 0 Å². The van der Waals surface area contributed by atoms with Crippen LogP contribution in [0.15, 0.2) is 4.99 Å². The van der Waals surface area contributed by atoms with Gasteiger partial charge in [0.05, 0.1) is 0 Å². The van der Waals surface area contributed by atoms with Gasteiger partial charge in [0.25, 0.3) is 0 Å². The quantitative estimate of drug-likeness (QED) is 0.379. The number of hydrogen-bond acceptors (Lipinski definition) is 3. The molecule has 1 unspecified atom stereocenters. The summed E-state index contributed by atoms with van der Waals surface area (Å²) in [5.74, 6) is 0.863. The first-order valence-corrected chi connectivity index (χ1v) is 9.13. The topological polar surface area (TPSA) is 60.0 Å². The molecule has 0 bridgehead atoms. The lowest BCUT2D eigenvalue weighted by atomic mass is 10.2. The fraction of sp³-hybridized carbons (Fsp3) is 0.882. The molecule has 1 saturated heterocycles. The molecule has 2 aliphatic carbocycles. The number of guanidine groups is 1. The van der Waals surface area contributed by atoms with Gasteiger partial charge in [0, 0.05) is 45.3 Å². The summed E-state index contributed by atoms with van der Waals surface area (Å²) >= 11 is 0. The fourth-order valence-corrected chi connectivity index (χ4v) is 3.54. The summed E-state index contributed by atoms with van der Waals surface area (Å²) in [6.07, 6.45) is 9.10. The molecule has 1 aliphatic heterocycles. The lowest BCUT2D eigenvalue weighted by molar-refractivity contribution is -0.127. The fourth-order valence-electron chi connectivity index (χ4n) is 3.54. The number of nitrogens with one attached hydrogen (secondary N) is 2. The Kier molecular flexibility index (Phi) is 7.59. The van der Waals surface area contributed by atoms with E-state index >= 15 is 0 Å². The van der Waals surface area contributed by atoms with E-state index in [1.807, 2.05) is 0 Å². The average Bonchev–Trinajstić information content (AvgIpc) is 3.02. The minimum absolute atomic E-state index is 0. The summed E-state index contributed by atoms with van der Waals surface area (Å²) in [5.41, 5.74) is 0. The molecule has 6 nitrogen and oxygen atoms in total. The van der Waals surface area contributed by atoms with Crippen LogP contribution in [0.1, 0.15) is 44.9 Å². The van der Waals surface area contributed by atoms with Gasteiger partial charge in [-0.2, -0.15) is 0 Å². The second-order valence-electron chi connectivity index (χ2n) is 7.43. The van der Waals surface area contributed by atoms with Crippen LogP contribution in [0.2, 0.25) is 0 Å². The van der Waals surface area contributed by atoms with E-state index < -0.39 is 0 Å². The summed E-state index contributed by atoms with van der Waals surface area (Å²) in [6.45, 7) is 2.52. The van der Waals surface area contributed by atoms with Crippen LogP contribution in [-0.2, 0) is 4.79 Å². The number of aliphatic imine (C=N–C) groups is 1. The number of nitrogens with zero attached hydrogens (tertiary/aromatic N) is 3. The van der Waals surface area contributed by atoms with Crippen LogP contribution in [-0.4, -0.2) is 73.5 Å². The van der Waals surface area contributed by atoms with Crippen LogP contribution in [0.25, 0.3) is 0 Å². The van der Waals surface area contributed by atoms with Crippen molar-refractivity contribution in [2.45, 2.75) is 63.1 Å². The second kappa shape index (κ2) is 9.22. The Morgan fingerprint density at radius 1 is 1.08 bits per heavy atom. The van der Waals surface area contributed by atoms with E-state index in [1.54, 1.807) is 19.0 Å². The molecule has 3 fully saturated rings. The number of amides is 1. The SMILES string of the molecule is CN(C)C(=O)CN=C(NC1CC1)NC1CCN(C2CCCC2)C1.I. The van der Waals surface area contributed by atoms with Gasteiger partial charge >= 0.3 is 0 Å². The molecule has 1 amide bonds. The van der Waals surface area contributed by atoms with Crippen molar-refractivity contribution in [2.75, 3.05) is 33.7 Å². The molecule has 0 aromatic rings. The van der Waals surface area contributed by atoms with Crippen molar-refractivity contribution in [2.24, 2.45) is 4.99 Å². The molecular formula is C17H32IN5O. The highest BCUT2D eigenvalue weighted by atomic mass is 127. The summed E-state index contributed by atoms with van der Waals surface area (Å²) in [5, 5.41) is 7.01. The maximum Gasteiger partial charge on any atom is 0.243 e. The third-order valence-corrected chi connectivity index (χ3v) is 5.19. The van der Waals surface area contributed by atoms with E-state index in [0.717, 1.165) is 18.5 Å². The van der Waals surface area contributed by atoms with Crippen LogP contribution in [0.5, 0.6) is 0 Å². The molecule has 2 N–H and O–H groups in total. The van der Waals surface area contributed by atoms with Gasteiger partial charge in [-0.1, -0.05) is 12.8 Å². The maximum absolute atomic E-state index is 11.8. The molecule has 24 heavy (non-hydrogen) atoms. The lowest BCUT2D eigenvalue weighted by Crippen LogP contribution is -2.46. The van der Waals surface area contributed by atoms with Crippen molar-refractivity contribution in [3.05, 3.63) is 0 Å². The van der Waals surface area contributed by atoms with Gasteiger partial charge in [-0.15, -0.1) is 24.0 Å². The number of carbonyl (C=O) groups excluding carboxylic acids is 1. The number of carbonyl (C=O) groups is 1. The molecule has 1 heterocycles. The first-order chi connectivity index (χ1) is 11.1.